The normalized spacial score (nSPS) is 32.8. The number of carbonyl (C=O) groups is 1. The minimum absolute atomic E-state index is 0.658. The molecular formula is C10H12O2. The number of hydrogen-bond acceptors (Lipinski definition) is 1. The smallest absolute Gasteiger partial charge is 0.328 e. The predicted molar refractivity (Wildman–Crippen MR) is 45.7 cm³/mol. The Morgan fingerprint density at radius 1 is 1.58 bits per heavy atom. The van der Waals surface area contributed by atoms with Crippen LogP contribution >= 0.6 is 0 Å². The van der Waals surface area contributed by atoms with E-state index in [-0.39, 0.29) is 0 Å². The minimum Gasteiger partial charge on any atom is -0.478 e. The molecule has 12 heavy (non-hydrogen) atoms. The van der Waals surface area contributed by atoms with Crippen LogP contribution in [0, 0.1) is 11.8 Å². The molecule has 2 nitrogen and oxygen atoms in total. The van der Waals surface area contributed by atoms with Crippen molar-refractivity contribution in [3.63, 3.8) is 0 Å². The molecule has 0 spiro atoms. The number of aliphatic carboxylic acids is 1. The topological polar surface area (TPSA) is 37.3 Å². The standard InChI is InChI=1S/C10H12O2/c11-10(12)4-3-9-6-7-1-2-8(9)5-7/h3-4,6-8H,1-2,5H2,(H,11,12). The van der Waals surface area contributed by atoms with Gasteiger partial charge in [-0.05, 0) is 36.7 Å². The monoisotopic (exact) mass is 164 g/mol. The van der Waals surface area contributed by atoms with Gasteiger partial charge in [0.1, 0.15) is 0 Å². The van der Waals surface area contributed by atoms with Gasteiger partial charge in [-0.1, -0.05) is 12.2 Å². The van der Waals surface area contributed by atoms with E-state index in [9.17, 15) is 4.79 Å². The van der Waals surface area contributed by atoms with Crippen LogP contribution in [-0.2, 0) is 4.79 Å². The Balaban J connectivity index is 2.07. The molecular weight excluding hydrogens is 152 g/mol. The highest BCUT2D eigenvalue weighted by Gasteiger charge is 2.31. The summed E-state index contributed by atoms with van der Waals surface area (Å²) in [7, 11) is 0. The van der Waals surface area contributed by atoms with Gasteiger partial charge in [-0.15, -0.1) is 0 Å². The Kier molecular flexibility index (Phi) is 1.75. The number of rotatable bonds is 2. The third-order valence-corrected chi connectivity index (χ3v) is 2.79. The van der Waals surface area contributed by atoms with Crippen LogP contribution in [0.4, 0.5) is 0 Å². The highest BCUT2D eigenvalue weighted by molar-refractivity contribution is 5.80. The first-order valence-corrected chi connectivity index (χ1v) is 4.38. The van der Waals surface area contributed by atoms with Crippen molar-refractivity contribution in [2.75, 3.05) is 0 Å². The lowest BCUT2D eigenvalue weighted by atomic mass is 9.98. The summed E-state index contributed by atoms with van der Waals surface area (Å²) < 4.78 is 0. The molecule has 2 aliphatic carbocycles. The molecule has 1 saturated carbocycles. The molecule has 2 bridgehead atoms. The van der Waals surface area contributed by atoms with Crippen LogP contribution in [0.5, 0.6) is 0 Å². The van der Waals surface area contributed by atoms with Crippen molar-refractivity contribution in [2.24, 2.45) is 11.8 Å². The summed E-state index contributed by atoms with van der Waals surface area (Å²) in [6, 6.07) is 0. The lowest BCUT2D eigenvalue weighted by Gasteiger charge is -2.07. The largest absolute Gasteiger partial charge is 0.478 e. The van der Waals surface area contributed by atoms with Crippen molar-refractivity contribution in [1.29, 1.82) is 0 Å². The molecule has 0 amide bonds. The van der Waals surface area contributed by atoms with Crippen molar-refractivity contribution in [1.82, 2.24) is 0 Å². The second-order valence-electron chi connectivity index (χ2n) is 3.61. The van der Waals surface area contributed by atoms with E-state index >= 15 is 0 Å². The summed E-state index contributed by atoms with van der Waals surface area (Å²) in [5, 5.41) is 8.43. The van der Waals surface area contributed by atoms with E-state index in [1.165, 1.54) is 30.9 Å². The number of fused-ring (bicyclic) bond motifs is 2. The summed E-state index contributed by atoms with van der Waals surface area (Å²) in [6.07, 6.45) is 9.03. The maximum Gasteiger partial charge on any atom is 0.328 e. The number of hydrogen-bond donors (Lipinski definition) is 1. The van der Waals surface area contributed by atoms with Crippen LogP contribution in [0.1, 0.15) is 19.3 Å². The zero-order chi connectivity index (χ0) is 8.55. The second-order valence-corrected chi connectivity index (χ2v) is 3.61. The first-order chi connectivity index (χ1) is 5.75. The third-order valence-electron chi connectivity index (χ3n) is 2.79. The molecule has 2 aliphatic rings. The van der Waals surface area contributed by atoms with Gasteiger partial charge in [-0.2, -0.15) is 0 Å². The highest BCUT2D eigenvalue weighted by Crippen LogP contribution is 2.43. The summed E-state index contributed by atoms with van der Waals surface area (Å²) in [6.45, 7) is 0. The Hall–Kier alpha value is -1.05. The molecule has 0 heterocycles. The molecule has 64 valence electrons. The summed E-state index contributed by atoms with van der Waals surface area (Å²) >= 11 is 0. The SMILES string of the molecule is O=C(O)C=CC1=CC2CCC1C2. The van der Waals surface area contributed by atoms with E-state index < -0.39 is 5.97 Å². The maximum atomic E-state index is 10.2. The predicted octanol–water partition coefficient (Wildman–Crippen LogP) is 1.98. The van der Waals surface area contributed by atoms with E-state index in [4.69, 9.17) is 5.11 Å². The molecule has 0 aromatic rings. The summed E-state index contributed by atoms with van der Waals surface area (Å²) in [4.78, 5) is 10.2. The van der Waals surface area contributed by atoms with Crippen LogP contribution in [0.3, 0.4) is 0 Å². The van der Waals surface area contributed by atoms with Crippen molar-refractivity contribution in [3.8, 4) is 0 Å². The molecule has 0 saturated heterocycles. The maximum absolute atomic E-state index is 10.2. The Labute approximate surface area is 71.6 Å². The fraction of sp³-hybridized carbons (Fsp3) is 0.500. The van der Waals surface area contributed by atoms with E-state index in [0.717, 1.165) is 5.92 Å². The minimum atomic E-state index is -0.848. The zero-order valence-corrected chi connectivity index (χ0v) is 6.86. The molecule has 1 fully saturated rings. The fourth-order valence-corrected chi connectivity index (χ4v) is 2.24. The van der Waals surface area contributed by atoms with Gasteiger partial charge in [0.25, 0.3) is 0 Å². The second kappa shape index (κ2) is 2.77. The lowest BCUT2D eigenvalue weighted by molar-refractivity contribution is -0.131. The molecule has 1 N–H and O–H groups in total. The average molecular weight is 164 g/mol. The molecule has 0 aromatic heterocycles. The van der Waals surface area contributed by atoms with Gasteiger partial charge in [0.2, 0.25) is 0 Å². The Bertz CT molecular complexity index is 263. The van der Waals surface area contributed by atoms with Crippen molar-refractivity contribution in [2.45, 2.75) is 19.3 Å². The Morgan fingerprint density at radius 3 is 2.92 bits per heavy atom. The molecule has 2 atom stereocenters. The number of carboxylic acid groups (broad SMARTS) is 1. The highest BCUT2D eigenvalue weighted by atomic mass is 16.4. The van der Waals surface area contributed by atoms with Gasteiger partial charge < -0.3 is 5.11 Å². The first-order valence-electron chi connectivity index (χ1n) is 4.38. The van der Waals surface area contributed by atoms with Crippen LogP contribution in [0.15, 0.2) is 23.8 Å². The first kappa shape index (κ1) is 7.59. The van der Waals surface area contributed by atoms with Crippen LogP contribution in [0.25, 0.3) is 0 Å². The van der Waals surface area contributed by atoms with Crippen LogP contribution < -0.4 is 0 Å². The summed E-state index contributed by atoms with van der Waals surface area (Å²) in [5.74, 6) is 0.549. The van der Waals surface area contributed by atoms with E-state index in [1.54, 1.807) is 6.08 Å². The van der Waals surface area contributed by atoms with Crippen molar-refractivity contribution < 1.29 is 9.90 Å². The van der Waals surface area contributed by atoms with E-state index in [1.807, 2.05) is 0 Å². The van der Waals surface area contributed by atoms with Gasteiger partial charge in [0.15, 0.2) is 0 Å². The molecule has 2 rings (SSSR count). The van der Waals surface area contributed by atoms with E-state index in [0.29, 0.717) is 5.92 Å². The molecule has 2 heteroatoms. The Morgan fingerprint density at radius 2 is 2.42 bits per heavy atom. The van der Waals surface area contributed by atoms with Crippen molar-refractivity contribution >= 4 is 5.97 Å². The van der Waals surface area contributed by atoms with Gasteiger partial charge in [0.05, 0.1) is 0 Å². The molecule has 0 radical (unpaired) electrons. The van der Waals surface area contributed by atoms with Gasteiger partial charge in [-0.25, -0.2) is 4.79 Å². The fourth-order valence-electron chi connectivity index (χ4n) is 2.24. The summed E-state index contributed by atoms with van der Waals surface area (Å²) in [5.41, 5.74) is 1.24. The quantitative estimate of drug-likeness (QED) is 0.633. The van der Waals surface area contributed by atoms with Gasteiger partial charge in [0, 0.05) is 6.08 Å². The lowest BCUT2D eigenvalue weighted by Crippen LogP contribution is -1.95. The number of carboxylic acids is 1. The van der Waals surface area contributed by atoms with Crippen LogP contribution in [0.2, 0.25) is 0 Å². The third kappa shape index (κ3) is 1.29. The number of allylic oxidation sites excluding steroid dienone is 3. The molecule has 0 aliphatic heterocycles. The van der Waals surface area contributed by atoms with Crippen LogP contribution in [-0.4, -0.2) is 11.1 Å². The van der Waals surface area contributed by atoms with E-state index in [2.05, 4.69) is 6.08 Å². The molecule has 2 unspecified atom stereocenters. The van der Waals surface area contributed by atoms with Gasteiger partial charge in [-0.3, -0.25) is 0 Å². The average Bonchev–Trinajstić information content (AvgIpc) is 2.60. The molecule has 0 aromatic carbocycles. The van der Waals surface area contributed by atoms with Crippen molar-refractivity contribution in [3.05, 3.63) is 23.8 Å². The zero-order valence-electron chi connectivity index (χ0n) is 6.86. The van der Waals surface area contributed by atoms with Gasteiger partial charge >= 0.3 is 5.97 Å².